The third kappa shape index (κ3) is 0.592. The molecule has 0 radical (unpaired) electrons. The highest BCUT2D eigenvalue weighted by Crippen LogP contribution is 2.44. The molecule has 1 saturated carbocycles. The summed E-state index contributed by atoms with van der Waals surface area (Å²) in [6, 6.07) is 0. The van der Waals surface area contributed by atoms with Crippen LogP contribution in [0.15, 0.2) is 24.8 Å². The Labute approximate surface area is 56.3 Å². The van der Waals surface area contributed by atoms with E-state index in [4.69, 9.17) is 0 Å². The first-order valence-electron chi connectivity index (χ1n) is 3.72. The average molecular weight is 120 g/mol. The summed E-state index contributed by atoms with van der Waals surface area (Å²) in [7, 11) is 0. The maximum absolute atomic E-state index is 3.84. The summed E-state index contributed by atoms with van der Waals surface area (Å²) in [6.07, 6.45) is 9.65. The van der Waals surface area contributed by atoms with E-state index in [9.17, 15) is 0 Å². The van der Waals surface area contributed by atoms with E-state index < -0.39 is 0 Å². The molecule has 0 saturated heterocycles. The summed E-state index contributed by atoms with van der Waals surface area (Å²) in [5, 5.41) is 0. The Morgan fingerprint density at radius 3 is 2.00 bits per heavy atom. The van der Waals surface area contributed by atoms with Crippen molar-refractivity contribution in [3.63, 3.8) is 0 Å². The first kappa shape index (κ1) is 5.28. The van der Waals surface area contributed by atoms with Crippen LogP contribution in [0.1, 0.15) is 12.8 Å². The summed E-state index contributed by atoms with van der Waals surface area (Å²) < 4.78 is 0. The highest BCUT2D eigenvalue weighted by molar-refractivity contribution is 5.15. The van der Waals surface area contributed by atoms with Crippen LogP contribution in [-0.2, 0) is 0 Å². The van der Waals surface area contributed by atoms with Gasteiger partial charge in [0.25, 0.3) is 0 Å². The lowest BCUT2D eigenvalue weighted by atomic mass is 9.97. The van der Waals surface area contributed by atoms with Gasteiger partial charge in [-0.2, -0.15) is 0 Å². The van der Waals surface area contributed by atoms with Crippen LogP contribution in [0.5, 0.6) is 0 Å². The molecule has 0 nitrogen and oxygen atoms in total. The first-order chi connectivity index (χ1) is 4.42. The number of rotatable bonds is 1. The maximum Gasteiger partial charge on any atom is -0.0110 e. The van der Waals surface area contributed by atoms with Gasteiger partial charge in [0.05, 0.1) is 0 Å². The zero-order valence-electron chi connectivity index (χ0n) is 5.59. The average Bonchev–Trinajstić information content (AvgIpc) is 2.44. The lowest BCUT2D eigenvalue weighted by Crippen LogP contribution is -2.01. The van der Waals surface area contributed by atoms with Crippen molar-refractivity contribution in [2.24, 2.45) is 17.8 Å². The number of hydrogen-bond acceptors (Lipinski definition) is 0. The van der Waals surface area contributed by atoms with E-state index in [0.29, 0.717) is 0 Å². The molecule has 1 fully saturated rings. The van der Waals surface area contributed by atoms with E-state index in [0.717, 1.165) is 17.8 Å². The maximum atomic E-state index is 3.84. The minimum Gasteiger partial charge on any atom is -0.103 e. The van der Waals surface area contributed by atoms with Crippen LogP contribution in [0.2, 0.25) is 0 Å². The normalized spacial score (nSPS) is 46.0. The van der Waals surface area contributed by atoms with Crippen LogP contribution >= 0.6 is 0 Å². The van der Waals surface area contributed by atoms with Gasteiger partial charge in [-0.3, -0.25) is 0 Å². The van der Waals surface area contributed by atoms with E-state index in [2.05, 4.69) is 24.8 Å². The van der Waals surface area contributed by atoms with Gasteiger partial charge >= 0.3 is 0 Å². The Morgan fingerprint density at radius 1 is 1.22 bits per heavy atom. The molecular formula is C9H12. The molecule has 0 N–H and O–H groups in total. The number of hydrogen-bond donors (Lipinski definition) is 0. The number of allylic oxidation sites excluding steroid dienone is 3. The van der Waals surface area contributed by atoms with Crippen LogP contribution in [0, 0.1) is 17.8 Å². The van der Waals surface area contributed by atoms with Crippen molar-refractivity contribution in [2.75, 3.05) is 0 Å². The predicted octanol–water partition coefficient (Wildman–Crippen LogP) is 2.38. The fourth-order valence-electron chi connectivity index (χ4n) is 2.17. The van der Waals surface area contributed by atoms with Gasteiger partial charge in [-0.25, -0.2) is 0 Å². The van der Waals surface area contributed by atoms with Gasteiger partial charge < -0.3 is 0 Å². The van der Waals surface area contributed by atoms with Crippen LogP contribution in [0.4, 0.5) is 0 Å². The first-order valence-corrected chi connectivity index (χ1v) is 3.72. The Kier molecular flexibility index (Phi) is 1.01. The molecule has 9 heavy (non-hydrogen) atoms. The van der Waals surface area contributed by atoms with E-state index in [1.807, 2.05) is 0 Å². The van der Waals surface area contributed by atoms with Crippen LogP contribution < -0.4 is 0 Å². The zero-order chi connectivity index (χ0) is 6.27. The molecule has 2 bridgehead atoms. The molecule has 0 aromatic carbocycles. The quantitative estimate of drug-likeness (QED) is 0.466. The molecule has 0 heteroatoms. The second-order valence-corrected chi connectivity index (χ2v) is 3.10. The van der Waals surface area contributed by atoms with Crippen molar-refractivity contribution < 1.29 is 0 Å². The molecule has 0 heterocycles. The Morgan fingerprint density at radius 2 is 1.78 bits per heavy atom. The van der Waals surface area contributed by atoms with Crippen molar-refractivity contribution in [2.45, 2.75) is 12.8 Å². The van der Waals surface area contributed by atoms with Crippen molar-refractivity contribution >= 4 is 0 Å². The summed E-state index contributed by atoms with van der Waals surface area (Å²) in [5.74, 6) is 2.50. The molecule has 2 aliphatic carbocycles. The topological polar surface area (TPSA) is 0 Å². The minimum atomic E-state index is 0.796. The van der Waals surface area contributed by atoms with Crippen LogP contribution in [-0.4, -0.2) is 0 Å². The summed E-state index contributed by atoms with van der Waals surface area (Å²) in [5.41, 5.74) is 0. The van der Waals surface area contributed by atoms with Crippen LogP contribution in [0.3, 0.4) is 0 Å². The Hall–Kier alpha value is -0.520. The monoisotopic (exact) mass is 120 g/mol. The molecule has 2 atom stereocenters. The molecule has 2 unspecified atom stereocenters. The summed E-state index contributed by atoms with van der Waals surface area (Å²) in [6.45, 7) is 3.84. The third-order valence-corrected chi connectivity index (χ3v) is 2.70. The molecule has 48 valence electrons. The lowest BCUT2D eigenvalue weighted by molar-refractivity contribution is 0.533. The molecule has 0 aromatic heterocycles. The van der Waals surface area contributed by atoms with E-state index in [1.165, 1.54) is 12.8 Å². The second-order valence-electron chi connectivity index (χ2n) is 3.10. The molecule has 2 rings (SSSR count). The van der Waals surface area contributed by atoms with E-state index >= 15 is 0 Å². The summed E-state index contributed by atoms with van der Waals surface area (Å²) >= 11 is 0. The largest absolute Gasteiger partial charge is 0.103 e. The SMILES string of the molecule is C=CC1C2C=CC1CC2. The molecular weight excluding hydrogens is 108 g/mol. The van der Waals surface area contributed by atoms with Crippen LogP contribution in [0.25, 0.3) is 0 Å². The zero-order valence-corrected chi connectivity index (χ0v) is 5.59. The van der Waals surface area contributed by atoms with Crippen molar-refractivity contribution in [3.05, 3.63) is 24.8 Å². The molecule has 0 aromatic rings. The van der Waals surface area contributed by atoms with Gasteiger partial charge in [0, 0.05) is 0 Å². The van der Waals surface area contributed by atoms with Gasteiger partial charge in [0.2, 0.25) is 0 Å². The molecule has 2 aliphatic rings. The van der Waals surface area contributed by atoms with Crippen molar-refractivity contribution in [1.82, 2.24) is 0 Å². The Balaban J connectivity index is 2.24. The molecule has 0 aliphatic heterocycles. The van der Waals surface area contributed by atoms with Crippen molar-refractivity contribution in [1.29, 1.82) is 0 Å². The van der Waals surface area contributed by atoms with Crippen molar-refractivity contribution in [3.8, 4) is 0 Å². The second kappa shape index (κ2) is 1.73. The Bertz CT molecular complexity index is 141. The fourth-order valence-corrected chi connectivity index (χ4v) is 2.17. The minimum absolute atomic E-state index is 0.796. The van der Waals surface area contributed by atoms with Gasteiger partial charge in [-0.05, 0) is 30.6 Å². The molecule has 0 amide bonds. The highest BCUT2D eigenvalue weighted by atomic mass is 14.4. The third-order valence-electron chi connectivity index (χ3n) is 2.70. The predicted molar refractivity (Wildman–Crippen MR) is 39.0 cm³/mol. The standard InChI is InChI=1S/C9H12/c1-2-9-7-3-4-8(9)6-5-7/h2-4,7-9H,1,5-6H2. The number of fused-ring (bicyclic) bond motifs is 2. The van der Waals surface area contributed by atoms with E-state index in [-0.39, 0.29) is 0 Å². The molecule has 0 spiro atoms. The van der Waals surface area contributed by atoms with Gasteiger partial charge in [-0.1, -0.05) is 18.2 Å². The van der Waals surface area contributed by atoms with E-state index in [1.54, 1.807) is 0 Å². The van der Waals surface area contributed by atoms with Gasteiger partial charge in [0.15, 0.2) is 0 Å². The fraction of sp³-hybridized carbons (Fsp3) is 0.556. The highest BCUT2D eigenvalue weighted by Gasteiger charge is 2.34. The van der Waals surface area contributed by atoms with Gasteiger partial charge in [0.1, 0.15) is 0 Å². The van der Waals surface area contributed by atoms with Gasteiger partial charge in [-0.15, -0.1) is 6.58 Å². The smallest absolute Gasteiger partial charge is 0.0110 e. The summed E-state index contributed by atoms with van der Waals surface area (Å²) in [4.78, 5) is 0. The lowest BCUT2D eigenvalue weighted by Gasteiger charge is -2.07.